The van der Waals surface area contributed by atoms with Gasteiger partial charge in [-0.3, -0.25) is 0 Å². The summed E-state index contributed by atoms with van der Waals surface area (Å²) in [4.78, 5) is 1.40. The van der Waals surface area contributed by atoms with Crippen LogP contribution in [-0.2, 0) is 19.0 Å². The summed E-state index contributed by atoms with van der Waals surface area (Å²) in [6.45, 7) is 0.292. The van der Waals surface area contributed by atoms with Gasteiger partial charge in [0.05, 0.1) is 14.2 Å². The number of methoxy groups -OCH3 is 1. The zero-order chi connectivity index (χ0) is 13.0. The Morgan fingerprint density at radius 1 is 1.39 bits per heavy atom. The van der Waals surface area contributed by atoms with Crippen LogP contribution >= 0.6 is 15.9 Å². The highest BCUT2D eigenvalue weighted by Crippen LogP contribution is 2.26. The first-order chi connectivity index (χ1) is 8.72. The van der Waals surface area contributed by atoms with Gasteiger partial charge in [0, 0.05) is 10.9 Å². The second-order valence-corrected chi connectivity index (χ2v) is 4.15. The van der Waals surface area contributed by atoms with Gasteiger partial charge in [0.15, 0.2) is 6.61 Å². The third kappa shape index (κ3) is 2.98. The normalized spacial score (nSPS) is 10.4. The van der Waals surface area contributed by atoms with E-state index in [1.807, 2.05) is 18.2 Å². The molecular weight excluding hydrogens is 300 g/mol. The second-order valence-electron chi connectivity index (χ2n) is 3.59. The number of ether oxygens (including phenoxy) is 2. The van der Waals surface area contributed by atoms with E-state index < -0.39 is 0 Å². The van der Waals surface area contributed by atoms with Crippen molar-refractivity contribution in [1.82, 2.24) is 20.2 Å². The Balaban J connectivity index is 2.08. The van der Waals surface area contributed by atoms with Gasteiger partial charge in [-0.15, -0.1) is 10.2 Å². The summed E-state index contributed by atoms with van der Waals surface area (Å²) in [6, 6.07) is 5.64. The summed E-state index contributed by atoms with van der Waals surface area (Å²) in [5, 5.41) is 12.3. The van der Waals surface area contributed by atoms with Gasteiger partial charge in [-0.2, -0.15) is 4.80 Å². The molecule has 0 saturated heterocycles. The summed E-state index contributed by atoms with van der Waals surface area (Å²) in [7, 11) is 3.35. The second kappa shape index (κ2) is 5.81. The highest BCUT2D eigenvalue weighted by Gasteiger charge is 2.07. The number of hydrogen-bond donors (Lipinski definition) is 0. The highest BCUT2D eigenvalue weighted by molar-refractivity contribution is 9.08. The summed E-state index contributed by atoms with van der Waals surface area (Å²) < 4.78 is 10.8. The van der Waals surface area contributed by atoms with Crippen LogP contribution in [0.4, 0.5) is 0 Å². The molecule has 0 fully saturated rings. The zero-order valence-corrected chi connectivity index (χ0v) is 11.7. The van der Waals surface area contributed by atoms with Gasteiger partial charge < -0.3 is 9.47 Å². The van der Waals surface area contributed by atoms with E-state index in [0.29, 0.717) is 17.8 Å². The maximum Gasteiger partial charge on any atom is 0.212 e. The molecule has 0 unspecified atom stereocenters. The molecule has 1 aromatic heterocycles. The van der Waals surface area contributed by atoms with Crippen LogP contribution in [0, 0.1) is 0 Å². The number of alkyl halides is 1. The van der Waals surface area contributed by atoms with E-state index in [1.165, 1.54) is 4.80 Å². The molecule has 18 heavy (non-hydrogen) atoms. The van der Waals surface area contributed by atoms with E-state index in [2.05, 4.69) is 31.3 Å². The molecule has 0 saturated carbocycles. The van der Waals surface area contributed by atoms with Crippen LogP contribution in [0.2, 0.25) is 0 Å². The molecule has 0 N–H and O–H groups in total. The van der Waals surface area contributed by atoms with Crippen molar-refractivity contribution in [1.29, 1.82) is 0 Å². The Hall–Kier alpha value is -1.63. The van der Waals surface area contributed by atoms with Crippen LogP contribution in [0.3, 0.4) is 0 Å². The molecule has 96 valence electrons. The summed E-state index contributed by atoms with van der Waals surface area (Å²) in [5.74, 6) is 2.13. The van der Waals surface area contributed by atoms with E-state index >= 15 is 0 Å². The molecule has 0 atom stereocenters. The minimum atomic E-state index is 0.292. The molecule has 0 radical (unpaired) electrons. The van der Waals surface area contributed by atoms with Crippen molar-refractivity contribution in [2.24, 2.45) is 7.05 Å². The van der Waals surface area contributed by atoms with Crippen LogP contribution in [0.5, 0.6) is 11.5 Å². The van der Waals surface area contributed by atoms with Crippen molar-refractivity contribution >= 4 is 15.9 Å². The number of hydrogen-bond acceptors (Lipinski definition) is 5. The predicted molar refractivity (Wildman–Crippen MR) is 68.8 cm³/mol. The first-order valence-corrected chi connectivity index (χ1v) is 6.43. The number of aromatic nitrogens is 4. The quantitative estimate of drug-likeness (QED) is 0.786. The number of tetrazole rings is 1. The number of benzene rings is 1. The average Bonchev–Trinajstić information content (AvgIpc) is 2.82. The molecule has 0 spiro atoms. The lowest BCUT2D eigenvalue weighted by molar-refractivity contribution is 0.292. The molecule has 0 aliphatic carbocycles. The van der Waals surface area contributed by atoms with Gasteiger partial charge in [-0.25, -0.2) is 0 Å². The number of aryl methyl sites for hydroxylation is 1. The molecule has 0 aliphatic rings. The molecule has 0 amide bonds. The minimum Gasteiger partial charge on any atom is -0.497 e. The van der Waals surface area contributed by atoms with E-state index in [-0.39, 0.29) is 0 Å². The average molecular weight is 313 g/mol. The van der Waals surface area contributed by atoms with Crippen molar-refractivity contribution in [3.63, 3.8) is 0 Å². The van der Waals surface area contributed by atoms with E-state index in [9.17, 15) is 0 Å². The maximum absolute atomic E-state index is 5.66. The smallest absolute Gasteiger partial charge is 0.212 e. The lowest BCUT2D eigenvalue weighted by atomic mass is 10.2. The fraction of sp³-hybridized carbons (Fsp3) is 0.364. The molecule has 7 heteroatoms. The fourth-order valence-electron chi connectivity index (χ4n) is 1.45. The van der Waals surface area contributed by atoms with Gasteiger partial charge in [-0.05, 0) is 23.4 Å². The van der Waals surface area contributed by atoms with Crippen molar-refractivity contribution in [3.8, 4) is 11.5 Å². The lowest BCUT2D eigenvalue weighted by Crippen LogP contribution is -2.01. The molecule has 2 rings (SSSR count). The number of rotatable bonds is 5. The number of nitrogens with zero attached hydrogens (tertiary/aromatic N) is 4. The van der Waals surface area contributed by atoms with Gasteiger partial charge in [-0.1, -0.05) is 15.9 Å². The summed E-state index contributed by atoms with van der Waals surface area (Å²) >= 11 is 3.42. The Labute approximate surface area is 113 Å². The third-order valence-corrected chi connectivity index (χ3v) is 2.92. The lowest BCUT2D eigenvalue weighted by Gasteiger charge is -2.09. The standard InChI is InChI=1S/C11H13BrN4O2/c1-16-14-11(13-15-16)7-18-10-4-3-9(17-2)5-8(10)6-12/h3-5H,6-7H2,1-2H3. The van der Waals surface area contributed by atoms with Crippen LogP contribution in [-0.4, -0.2) is 27.3 Å². The van der Waals surface area contributed by atoms with Crippen molar-refractivity contribution in [3.05, 3.63) is 29.6 Å². The molecule has 1 aromatic carbocycles. The topological polar surface area (TPSA) is 62.1 Å². The van der Waals surface area contributed by atoms with E-state index in [0.717, 1.165) is 17.1 Å². The highest BCUT2D eigenvalue weighted by atomic mass is 79.9. The Morgan fingerprint density at radius 2 is 2.22 bits per heavy atom. The van der Waals surface area contributed by atoms with Crippen molar-refractivity contribution in [2.45, 2.75) is 11.9 Å². The molecule has 2 aromatic rings. The Morgan fingerprint density at radius 3 is 2.83 bits per heavy atom. The first-order valence-electron chi connectivity index (χ1n) is 5.31. The van der Waals surface area contributed by atoms with Gasteiger partial charge in [0.25, 0.3) is 0 Å². The zero-order valence-electron chi connectivity index (χ0n) is 10.1. The SMILES string of the molecule is COc1ccc(OCc2nnn(C)n2)c(CBr)c1. The Kier molecular flexibility index (Phi) is 4.14. The van der Waals surface area contributed by atoms with Crippen LogP contribution in [0.25, 0.3) is 0 Å². The van der Waals surface area contributed by atoms with Gasteiger partial charge >= 0.3 is 0 Å². The van der Waals surface area contributed by atoms with Crippen LogP contribution < -0.4 is 9.47 Å². The van der Waals surface area contributed by atoms with Crippen molar-refractivity contribution < 1.29 is 9.47 Å². The minimum absolute atomic E-state index is 0.292. The predicted octanol–water partition coefficient (Wildman–Crippen LogP) is 1.69. The molecule has 1 heterocycles. The summed E-state index contributed by atoms with van der Waals surface area (Å²) in [6.07, 6.45) is 0. The first kappa shape index (κ1) is 12.8. The van der Waals surface area contributed by atoms with Gasteiger partial charge in [0.2, 0.25) is 5.82 Å². The van der Waals surface area contributed by atoms with Crippen molar-refractivity contribution in [2.75, 3.05) is 7.11 Å². The van der Waals surface area contributed by atoms with Gasteiger partial charge in [0.1, 0.15) is 11.5 Å². The molecule has 0 bridgehead atoms. The molecule has 6 nitrogen and oxygen atoms in total. The van der Waals surface area contributed by atoms with E-state index in [1.54, 1.807) is 14.2 Å². The summed E-state index contributed by atoms with van der Waals surface area (Å²) in [5.41, 5.74) is 1.01. The molecule has 0 aliphatic heterocycles. The monoisotopic (exact) mass is 312 g/mol. The van der Waals surface area contributed by atoms with E-state index in [4.69, 9.17) is 9.47 Å². The fourth-order valence-corrected chi connectivity index (χ4v) is 1.89. The third-order valence-electron chi connectivity index (χ3n) is 2.32. The number of halogens is 1. The van der Waals surface area contributed by atoms with Crippen LogP contribution in [0.15, 0.2) is 18.2 Å². The largest absolute Gasteiger partial charge is 0.497 e. The Bertz CT molecular complexity index is 530. The molecular formula is C11H13BrN4O2. The van der Waals surface area contributed by atoms with Crippen LogP contribution in [0.1, 0.15) is 11.4 Å². The maximum atomic E-state index is 5.66.